The maximum Gasteiger partial charge on any atom is 0.0675 e. The molecule has 2 aliphatic heterocycles. The van der Waals surface area contributed by atoms with Crippen LogP contribution in [0.1, 0.15) is 22.3 Å². The Hall–Kier alpha value is -7.16. The van der Waals surface area contributed by atoms with Gasteiger partial charge in [0.25, 0.3) is 0 Å². The van der Waals surface area contributed by atoms with Gasteiger partial charge in [-0.2, -0.15) is 0 Å². The molecule has 0 bridgehead atoms. The van der Waals surface area contributed by atoms with Crippen molar-refractivity contribution in [1.82, 2.24) is 0 Å². The van der Waals surface area contributed by atoms with Gasteiger partial charge >= 0.3 is 0 Å². The van der Waals surface area contributed by atoms with Gasteiger partial charge in [-0.15, -0.1) is 0 Å². The third kappa shape index (κ3) is 5.58. The molecule has 2 heterocycles. The Kier molecular flexibility index (Phi) is 7.67. The summed E-state index contributed by atoms with van der Waals surface area (Å²) in [6, 6.07) is 56.9. The Balaban J connectivity index is 0.926. The van der Waals surface area contributed by atoms with E-state index in [-0.39, 0.29) is 11.8 Å². The summed E-state index contributed by atoms with van der Waals surface area (Å²) in [7, 11) is 0. The van der Waals surface area contributed by atoms with Crippen molar-refractivity contribution in [3.8, 4) is 22.3 Å². The second kappa shape index (κ2) is 13.3. The molecule has 0 radical (unpaired) electrons. The Bertz CT molecular complexity index is 2710. The van der Waals surface area contributed by atoms with Gasteiger partial charge in [0, 0.05) is 11.8 Å². The van der Waals surface area contributed by atoms with Crippen molar-refractivity contribution in [2.75, 3.05) is 0 Å². The highest BCUT2D eigenvalue weighted by Crippen LogP contribution is 2.44. The fourth-order valence-corrected chi connectivity index (χ4v) is 8.76. The molecule has 2 heteroatoms. The summed E-state index contributed by atoms with van der Waals surface area (Å²) >= 11 is 0. The van der Waals surface area contributed by atoms with Crippen LogP contribution in [-0.2, 0) is 0 Å². The van der Waals surface area contributed by atoms with Crippen molar-refractivity contribution in [1.29, 1.82) is 0 Å². The third-order valence-electron chi connectivity index (χ3n) is 11.5. The van der Waals surface area contributed by atoms with Gasteiger partial charge in [-0.05, 0) is 102 Å². The fraction of sp³-hybridized carbons (Fsp3) is 0.0370. The molecule has 0 saturated carbocycles. The molecule has 56 heavy (non-hydrogen) atoms. The molecule has 0 saturated heterocycles. The minimum absolute atomic E-state index is 0.189. The van der Waals surface area contributed by atoms with Crippen molar-refractivity contribution < 1.29 is 0 Å². The lowest BCUT2D eigenvalue weighted by Gasteiger charge is -2.18. The maximum absolute atomic E-state index is 5.05. The van der Waals surface area contributed by atoms with Gasteiger partial charge in [0.2, 0.25) is 0 Å². The molecule has 2 aliphatic carbocycles. The molecule has 2 nitrogen and oxygen atoms in total. The highest BCUT2D eigenvalue weighted by molar-refractivity contribution is 6.21. The van der Waals surface area contributed by atoms with Gasteiger partial charge in [-0.3, -0.25) is 9.98 Å². The zero-order valence-corrected chi connectivity index (χ0v) is 30.7. The van der Waals surface area contributed by atoms with Crippen molar-refractivity contribution in [2.45, 2.75) is 0 Å². The number of aliphatic imine (C=N–C) groups is 2. The van der Waals surface area contributed by atoms with Crippen LogP contribution in [0.5, 0.6) is 0 Å². The number of fused-ring (bicyclic) bond motifs is 4. The first-order valence-electron chi connectivity index (χ1n) is 19.4. The van der Waals surface area contributed by atoms with Crippen LogP contribution >= 0.6 is 0 Å². The minimum atomic E-state index is 0.189. The SMILES string of the molecule is C1=CC2=NC(c3ccc(-c4c5ccccc5c(-c5ccc(C6=CC7C=C(c8ccccc8)C=CC7=N6)cc5)c5ccccc45)cc3)=CC2C=C1c1ccccc1. The van der Waals surface area contributed by atoms with Crippen molar-refractivity contribution >= 4 is 55.5 Å². The van der Waals surface area contributed by atoms with E-state index in [0.29, 0.717) is 0 Å². The summed E-state index contributed by atoms with van der Waals surface area (Å²) < 4.78 is 0. The van der Waals surface area contributed by atoms with Crippen LogP contribution in [0.4, 0.5) is 0 Å². The molecular weight excluding hydrogens is 677 g/mol. The zero-order chi connectivity index (χ0) is 37.0. The number of rotatable bonds is 6. The van der Waals surface area contributed by atoms with E-state index in [1.165, 1.54) is 66.1 Å². The highest BCUT2D eigenvalue weighted by atomic mass is 14.8. The molecular formula is C54H36N2. The monoisotopic (exact) mass is 712 g/mol. The quantitative estimate of drug-likeness (QED) is 0.153. The van der Waals surface area contributed by atoms with Gasteiger partial charge in [0.1, 0.15) is 0 Å². The average Bonchev–Trinajstić information content (AvgIpc) is 3.91. The molecule has 0 N–H and O–H groups in total. The largest absolute Gasteiger partial charge is 0.252 e. The molecule has 11 rings (SSSR count). The van der Waals surface area contributed by atoms with E-state index in [2.05, 4.69) is 206 Å². The van der Waals surface area contributed by atoms with E-state index in [1.807, 2.05) is 0 Å². The van der Waals surface area contributed by atoms with E-state index in [9.17, 15) is 0 Å². The lowest BCUT2D eigenvalue weighted by atomic mass is 9.85. The first-order valence-corrected chi connectivity index (χ1v) is 19.4. The summed E-state index contributed by atoms with van der Waals surface area (Å²) in [5, 5.41) is 4.98. The standard InChI is InChI=1S/C54H36N2/c1-3-11-35(12-4-1)41-27-29-49-43(31-41)33-51(55-49)37-19-23-39(24-20-37)53-45-15-7-9-17-47(45)54(48-18-10-8-16-46(48)53)40-25-21-38(22-26-40)52-34-44-32-42(28-30-50(44)56-52)36-13-5-2-6-14-36/h1-34,43-44H. The average molecular weight is 713 g/mol. The van der Waals surface area contributed by atoms with Gasteiger partial charge < -0.3 is 0 Å². The van der Waals surface area contributed by atoms with Crippen LogP contribution in [-0.4, -0.2) is 11.4 Å². The third-order valence-corrected chi connectivity index (χ3v) is 11.5. The van der Waals surface area contributed by atoms with Crippen LogP contribution < -0.4 is 0 Å². The Labute approximate surface area is 326 Å². The molecule has 7 aromatic carbocycles. The van der Waals surface area contributed by atoms with E-state index in [1.54, 1.807) is 0 Å². The van der Waals surface area contributed by atoms with Gasteiger partial charge in [-0.25, -0.2) is 0 Å². The second-order valence-electron chi connectivity index (χ2n) is 14.9. The lowest BCUT2D eigenvalue weighted by molar-refractivity contribution is 1.17. The Morgan fingerprint density at radius 1 is 0.286 bits per heavy atom. The summed E-state index contributed by atoms with van der Waals surface area (Å²) in [6.45, 7) is 0. The number of nitrogens with zero attached hydrogens (tertiary/aromatic N) is 2. The van der Waals surface area contributed by atoms with E-state index < -0.39 is 0 Å². The first-order chi connectivity index (χ1) is 27.7. The second-order valence-corrected chi connectivity index (χ2v) is 14.9. The summed E-state index contributed by atoms with van der Waals surface area (Å²) in [5.41, 5.74) is 16.4. The number of benzene rings is 7. The number of hydrogen-bond acceptors (Lipinski definition) is 2. The Morgan fingerprint density at radius 2 is 0.625 bits per heavy atom. The van der Waals surface area contributed by atoms with Crippen molar-refractivity contribution in [2.24, 2.45) is 21.8 Å². The topological polar surface area (TPSA) is 24.7 Å². The zero-order valence-electron chi connectivity index (χ0n) is 30.7. The summed E-state index contributed by atoms with van der Waals surface area (Å²) in [4.78, 5) is 10.1. The predicted molar refractivity (Wildman–Crippen MR) is 237 cm³/mol. The van der Waals surface area contributed by atoms with Gasteiger partial charge in [0.05, 0.1) is 22.8 Å². The van der Waals surface area contributed by atoms with Crippen LogP contribution in [0.2, 0.25) is 0 Å². The fourth-order valence-electron chi connectivity index (χ4n) is 8.76. The summed E-state index contributed by atoms with van der Waals surface area (Å²) in [6.07, 6.45) is 17.9. The predicted octanol–water partition coefficient (Wildman–Crippen LogP) is 13.5. The molecule has 262 valence electrons. The molecule has 0 fully saturated rings. The summed E-state index contributed by atoms with van der Waals surface area (Å²) in [5.74, 6) is 0.378. The van der Waals surface area contributed by atoms with Crippen LogP contribution in [0.15, 0.2) is 216 Å². The Morgan fingerprint density at radius 3 is 1.00 bits per heavy atom. The van der Waals surface area contributed by atoms with Gasteiger partial charge in [-0.1, -0.05) is 182 Å². The van der Waals surface area contributed by atoms with Crippen LogP contribution in [0, 0.1) is 11.8 Å². The molecule has 0 amide bonds. The van der Waals surface area contributed by atoms with E-state index in [0.717, 1.165) is 33.9 Å². The van der Waals surface area contributed by atoms with Crippen LogP contribution in [0.25, 0.3) is 66.3 Å². The normalized spacial score (nSPS) is 18.1. The highest BCUT2D eigenvalue weighted by Gasteiger charge is 2.24. The van der Waals surface area contributed by atoms with E-state index >= 15 is 0 Å². The molecule has 4 aliphatic rings. The minimum Gasteiger partial charge on any atom is -0.252 e. The molecule has 7 aromatic rings. The van der Waals surface area contributed by atoms with Crippen molar-refractivity contribution in [3.05, 3.63) is 229 Å². The van der Waals surface area contributed by atoms with E-state index in [4.69, 9.17) is 9.98 Å². The number of allylic oxidation sites excluding steroid dienone is 10. The molecule has 0 spiro atoms. The molecule has 2 atom stereocenters. The van der Waals surface area contributed by atoms with Crippen LogP contribution in [0.3, 0.4) is 0 Å². The maximum atomic E-state index is 5.05. The molecule has 2 unspecified atom stereocenters. The molecule has 0 aromatic heterocycles. The number of hydrogen-bond donors (Lipinski definition) is 0. The van der Waals surface area contributed by atoms with Crippen molar-refractivity contribution in [3.63, 3.8) is 0 Å². The smallest absolute Gasteiger partial charge is 0.0675 e. The van der Waals surface area contributed by atoms with Gasteiger partial charge in [0.15, 0.2) is 0 Å². The lowest BCUT2D eigenvalue weighted by Crippen LogP contribution is -2.07. The first kappa shape index (κ1) is 32.3.